The highest BCUT2D eigenvalue weighted by Gasteiger charge is 2.28. The Kier molecular flexibility index (Phi) is 7.75. The number of carbonyl (C=O) groups is 2. The second kappa shape index (κ2) is 10.5. The van der Waals surface area contributed by atoms with Gasteiger partial charge in [0, 0.05) is 52.2 Å². The van der Waals surface area contributed by atoms with Gasteiger partial charge in [-0.3, -0.25) is 4.79 Å². The first-order chi connectivity index (χ1) is 14.0. The number of urea groups is 1. The van der Waals surface area contributed by atoms with Crippen molar-refractivity contribution in [2.45, 2.75) is 32.2 Å². The summed E-state index contributed by atoms with van der Waals surface area (Å²) >= 11 is 0. The average molecular weight is 403 g/mol. The molecule has 0 saturated carbocycles. The molecule has 2 saturated heterocycles. The highest BCUT2D eigenvalue weighted by atomic mass is 16.5. The molecule has 2 fully saturated rings. The summed E-state index contributed by atoms with van der Waals surface area (Å²) in [5, 5.41) is 2.99. The van der Waals surface area contributed by atoms with Crippen LogP contribution in [0.2, 0.25) is 0 Å². The second-order valence-corrected chi connectivity index (χ2v) is 8.19. The van der Waals surface area contributed by atoms with Crippen LogP contribution in [0.25, 0.3) is 0 Å². The molecule has 0 spiro atoms. The molecule has 1 aromatic carbocycles. The van der Waals surface area contributed by atoms with Gasteiger partial charge in [0.2, 0.25) is 5.91 Å². The topological polar surface area (TPSA) is 65.1 Å². The fourth-order valence-electron chi connectivity index (χ4n) is 4.08. The number of rotatable bonds is 6. The lowest BCUT2D eigenvalue weighted by Crippen LogP contribution is -2.53. The van der Waals surface area contributed by atoms with Crippen LogP contribution in [0.5, 0.6) is 5.75 Å². The predicted molar refractivity (Wildman–Crippen MR) is 113 cm³/mol. The molecule has 7 heteroatoms. The van der Waals surface area contributed by atoms with Crippen molar-refractivity contribution in [1.82, 2.24) is 20.0 Å². The third kappa shape index (κ3) is 6.35. The number of nitrogens with zero attached hydrogens (tertiary/aromatic N) is 3. The lowest BCUT2D eigenvalue weighted by molar-refractivity contribution is -0.121. The average Bonchev–Trinajstić information content (AvgIpc) is 2.76. The van der Waals surface area contributed by atoms with E-state index in [9.17, 15) is 9.59 Å². The molecular formula is C22H34N4O3. The maximum atomic E-state index is 12.8. The maximum absolute atomic E-state index is 12.8. The third-order valence-corrected chi connectivity index (χ3v) is 5.97. The molecule has 1 aromatic rings. The quantitative estimate of drug-likeness (QED) is 0.792. The van der Waals surface area contributed by atoms with Crippen LogP contribution < -0.4 is 10.1 Å². The van der Waals surface area contributed by atoms with Gasteiger partial charge in [-0.2, -0.15) is 0 Å². The molecule has 2 heterocycles. The van der Waals surface area contributed by atoms with Gasteiger partial charge >= 0.3 is 6.03 Å². The van der Waals surface area contributed by atoms with Gasteiger partial charge in [-0.1, -0.05) is 12.1 Å². The molecule has 0 aromatic heterocycles. The van der Waals surface area contributed by atoms with Crippen molar-refractivity contribution in [3.05, 3.63) is 29.8 Å². The van der Waals surface area contributed by atoms with Crippen LogP contribution in [-0.4, -0.2) is 80.1 Å². The Morgan fingerprint density at radius 2 is 1.93 bits per heavy atom. The lowest BCUT2D eigenvalue weighted by Gasteiger charge is -2.39. The number of hydrogen-bond acceptors (Lipinski definition) is 4. The zero-order chi connectivity index (χ0) is 20.6. The van der Waals surface area contributed by atoms with Crippen LogP contribution in [0, 0.1) is 5.92 Å². The minimum absolute atomic E-state index is 0.0651. The number of ether oxygens (including phenoxy) is 1. The summed E-state index contributed by atoms with van der Waals surface area (Å²) in [7, 11) is 3.73. The fraction of sp³-hybridized carbons (Fsp3) is 0.636. The van der Waals surface area contributed by atoms with E-state index < -0.39 is 0 Å². The molecule has 7 nitrogen and oxygen atoms in total. The zero-order valence-corrected chi connectivity index (χ0v) is 17.7. The van der Waals surface area contributed by atoms with Crippen molar-refractivity contribution in [2.75, 3.05) is 53.4 Å². The Morgan fingerprint density at radius 3 is 2.69 bits per heavy atom. The Labute approximate surface area is 174 Å². The Bertz CT molecular complexity index is 688. The number of likely N-dealkylation sites (tertiary alicyclic amines) is 1. The number of amides is 3. The number of nitrogens with one attached hydrogen (secondary N) is 1. The zero-order valence-electron chi connectivity index (χ0n) is 17.7. The molecule has 1 atom stereocenters. The van der Waals surface area contributed by atoms with E-state index in [0.717, 1.165) is 69.8 Å². The number of methoxy groups -OCH3 is 1. The first-order valence-corrected chi connectivity index (χ1v) is 10.7. The van der Waals surface area contributed by atoms with Gasteiger partial charge in [0.05, 0.1) is 7.11 Å². The van der Waals surface area contributed by atoms with E-state index in [4.69, 9.17) is 4.74 Å². The Balaban J connectivity index is 1.39. The van der Waals surface area contributed by atoms with Crippen LogP contribution in [0.15, 0.2) is 24.3 Å². The maximum Gasteiger partial charge on any atom is 0.320 e. The summed E-state index contributed by atoms with van der Waals surface area (Å²) < 4.78 is 5.22. The smallest absolute Gasteiger partial charge is 0.320 e. The van der Waals surface area contributed by atoms with Crippen LogP contribution >= 0.6 is 0 Å². The summed E-state index contributed by atoms with van der Waals surface area (Å²) in [6.07, 6.45) is 3.45. The highest BCUT2D eigenvalue weighted by Crippen LogP contribution is 2.22. The SMILES string of the molecule is COc1cccc(CNC(=O)CCC2CCCN(C(=O)N3CCN(C)CC3)C2)c1. The van der Waals surface area contributed by atoms with Gasteiger partial charge in [-0.05, 0) is 49.9 Å². The molecule has 0 bridgehead atoms. The van der Waals surface area contributed by atoms with Gasteiger partial charge in [-0.15, -0.1) is 0 Å². The van der Waals surface area contributed by atoms with Gasteiger partial charge in [0.25, 0.3) is 0 Å². The number of piperazine rings is 1. The minimum Gasteiger partial charge on any atom is -0.497 e. The molecule has 1 N–H and O–H groups in total. The lowest BCUT2D eigenvalue weighted by atomic mass is 9.93. The molecule has 3 amide bonds. The predicted octanol–water partition coefficient (Wildman–Crippen LogP) is 2.17. The highest BCUT2D eigenvalue weighted by molar-refractivity contribution is 5.76. The van der Waals surface area contributed by atoms with Crippen molar-refractivity contribution in [2.24, 2.45) is 5.92 Å². The summed E-state index contributed by atoms with van der Waals surface area (Å²) in [5.74, 6) is 1.27. The molecule has 1 unspecified atom stereocenters. The van der Waals surface area contributed by atoms with Crippen LogP contribution in [-0.2, 0) is 11.3 Å². The molecule has 2 aliphatic rings. The largest absolute Gasteiger partial charge is 0.497 e. The fourth-order valence-corrected chi connectivity index (χ4v) is 4.08. The molecule has 160 valence electrons. The number of likely N-dealkylation sites (N-methyl/N-ethyl adjacent to an activating group) is 1. The monoisotopic (exact) mass is 402 g/mol. The molecule has 0 radical (unpaired) electrons. The van der Waals surface area contributed by atoms with Crippen LogP contribution in [0.1, 0.15) is 31.2 Å². The summed E-state index contributed by atoms with van der Waals surface area (Å²) in [6.45, 7) is 5.62. The standard InChI is InChI=1S/C22H34N4O3/c1-24-11-13-25(14-12-24)22(28)26-10-4-6-18(17-26)8-9-21(27)23-16-19-5-3-7-20(15-19)29-2/h3,5,7,15,18H,4,6,8-14,16-17H2,1-2H3,(H,23,27). The number of benzene rings is 1. The van der Waals surface area contributed by atoms with Crippen molar-refractivity contribution < 1.29 is 14.3 Å². The summed E-state index contributed by atoms with van der Waals surface area (Å²) in [6, 6.07) is 7.90. The van der Waals surface area contributed by atoms with Gasteiger partial charge in [-0.25, -0.2) is 4.79 Å². The Morgan fingerprint density at radius 1 is 1.14 bits per heavy atom. The van der Waals surface area contributed by atoms with Crippen molar-refractivity contribution in [3.63, 3.8) is 0 Å². The van der Waals surface area contributed by atoms with Crippen molar-refractivity contribution >= 4 is 11.9 Å². The number of hydrogen-bond donors (Lipinski definition) is 1. The van der Waals surface area contributed by atoms with Gasteiger partial charge in [0.15, 0.2) is 0 Å². The van der Waals surface area contributed by atoms with Gasteiger partial charge in [0.1, 0.15) is 5.75 Å². The van der Waals surface area contributed by atoms with E-state index in [2.05, 4.69) is 17.3 Å². The number of piperidine rings is 1. The molecule has 0 aliphatic carbocycles. The molecule has 2 aliphatic heterocycles. The van der Waals surface area contributed by atoms with E-state index in [1.54, 1.807) is 7.11 Å². The number of carbonyl (C=O) groups excluding carboxylic acids is 2. The first-order valence-electron chi connectivity index (χ1n) is 10.7. The second-order valence-electron chi connectivity index (χ2n) is 8.19. The van der Waals surface area contributed by atoms with Gasteiger partial charge < -0.3 is 24.8 Å². The van der Waals surface area contributed by atoms with E-state index in [1.165, 1.54) is 0 Å². The normalized spacial score (nSPS) is 20.4. The Hall–Kier alpha value is -2.28. The first kappa shape index (κ1) is 21.4. The van der Waals surface area contributed by atoms with Crippen LogP contribution in [0.3, 0.4) is 0 Å². The molecule has 3 rings (SSSR count). The van der Waals surface area contributed by atoms with E-state index in [1.807, 2.05) is 34.1 Å². The van der Waals surface area contributed by atoms with Crippen LogP contribution in [0.4, 0.5) is 4.79 Å². The van der Waals surface area contributed by atoms with E-state index in [0.29, 0.717) is 18.9 Å². The van der Waals surface area contributed by atoms with E-state index >= 15 is 0 Å². The third-order valence-electron chi connectivity index (χ3n) is 5.97. The molecule has 29 heavy (non-hydrogen) atoms. The molecular weight excluding hydrogens is 368 g/mol. The van der Waals surface area contributed by atoms with Crippen molar-refractivity contribution in [1.29, 1.82) is 0 Å². The summed E-state index contributed by atoms with van der Waals surface area (Å²) in [5.41, 5.74) is 1.03. The van der Waals surface area contributed by atoms with Crippen molar-refractivity contribution in [3.8, 4) is 5.75 Å². The van der Waals surface area contributed by atoms with E-state index in [-0.39, 0.29) is 11.9 Å². The minimum atomic E-state index is 0.0651. The summed E-state index contributed by atoms with van der Waals surface area (Å²) in [4.78, 5) is 31.3.